The number of hydrogen-bond acceptors (Lipinski definition) is 4. The standard InChI is InChI=1S/C14H28N2O3S/c1-2-7-15-11-13-5-8-16(9-6-13)20(17,18)12-14-4-3-10-19-14/h13-15H,2-12H2,1H3. The second-order valence-electron chi connectivity index (χ2n) is 5.96. The molecule has 0 saturated carbocycles. The summed E-state index contributed by atoms with van der Waals surface area (Å²) in [5, 5.41) is 3.43. The SMILES string of the molecule is CCCNCC1CCN(S(=O)(=O)CC2CCCO2)CC1. The fraction of sp³-hybridized carbons (Fsp3) is 1.00. The highest BCUT2D eigenvalue weighted by Gasteiger charge is 2.31. The Labute approximate surface area is 123 Å². The molecule has 2 aliphatic rings. The third kappa shape index (κ3) is 4.69. The van der Waals surface area contributed by atoms with Crippen molar-refractivity contribution in [2.75, 3.05) is 38.5 Å². The van der Waals surface area contributed by atoms with Crippen molar-refractivity contribution in [3.05, 3.63) is 0 Å². The molecule has 5 nitrogen and oxygen atoms in total. The van der Waals surface area contributed by atoms with Gasteiger partial charge in [0.25, 0.3) is 0 Å². The van der Waals surface area contributed by atoms with Crippen LogP contribution < -0.4 is 5.32 Å². The number of nitrogens with one attached hydrogen (secondary N) is 1. The molecule has 6 heteroatoms. The second-order valence-corrected chi connectivity index (χ2v) is 7.97. The molecule has 2 aliphatic heterocycles. The van der Waals surface area contributed by atoms with Crippen LogP contribution in [0.15, 0.2) is 0 Å². The van der Waals surface area contributed by atoms with E-state index in [2.05, 4.69) is 12.2 Å². The topological polar surface area (TPSA) is 58.6 Å². The largest absolute Gasteiger partial charge is 0.377 e. The third-order valence-corrected chi connectivity index (χ3v) is 6.19. The van der Waals surface area contributed by atoms with Crippen molar-refractivity contribution in [3.8, 4) is 0 Å². The maximum Gasteiger partial charge on any atom is 0.216 e. The summed E-state index contributed by atoms with van der Waals surface area (Å²) in [4.78, 5) is 0. The van der Waals surface area contributed by atoms with Gasteiger partial charge in [-0.1, -0.05) is 6.92 Å². The lowest BCUT2D eigenvalue weighted by atomic mass is 9.98. The molecule has 118 valence electrons. The Morgan fingerprint density at radius 2 is 2.00 bits per heavy atom. The summed E-state index contributed by atoms with van der Waals surface area (Å²) in [6, 6.07) is 0. The lowest BCUT2D eigenvalue weighted by Crippen LogP contribution is -2.43. The number of sulfonamides is 1. The van der Waals surface area contributed by atoms with E-state index in [0.717, 1.165) is 45.2 Å². The van der Waals surface area contributed by atoms with E-state index in [1.165, 1.54) is 0 Å². The minimum Gasteiger partial charge on any atom is -0.377 e. The molecule has 0 aromatic heterocycles. The predicted molar refractivity (Wildman–Crippen MR) is 80.2 cm³/mol. The van der Waals surface area contributed by atoms with Crippen molar-refractivity contribution in [3.63, 3.8) is 0 Å². The highest BCUT2D eigenvalue weighted by atomic mass is 32.2. The molecule has 2 heterocycles. The van der Waals surface area contributed by atoms with Gasteiger partial charge >= 0.3 is 0 Å². The van der Waals surface area contributed by atoms with Gasteiger partial charge in [0.2, 0.25) is 10.0 Å². The van der Waals surface area contributed by atoms with Crippen LogP contribution in [0.1, 0.15) is 39.0 Å². The van der Waals surface area contributed by atoms with Crippen LogP contribution in [0.5, 0.6) is 0 Å². The lowest BCUT2D eigenvalue weighted by Gasteiger charge is -2.31. The van der Waals surface area contributed by atoms with Crippen LogP contribution in [0.25, 0.3) is 0 Å². The average molecular weight is 304 g/mol. The smallest absolute Gasteiger partial charge is 0.216 e. The monoisotopic (exact) mass is 304 g/mol. The van der Waals surface area contributed by atoms with E-state index in [9.17, 15) is 8.42 Å². The van der Waals surface area contributed by atoms with Crippen molar-refractivity contribution in [1.82, 2.24) is 9.62 Å². The molecule has 2 rings (SSSR count). The van der Waals surface area contributed by atoms with Gasteiger partial charge in [0.15, 0.2) is 0 Å². The molecule has 0 bridgehead atoms. The van der Waals surface area contributed by atoms with Crippen LogP contribution in [-0.2, 0) is 14.8 Å². The molecule has 2 fully saturated rings. The van der Waals surface area contributed by atoms with Crippen molar-refractivity contribution >= 4 is 10.0 Å². The summed E-state index contributed by atoms with van der Waals surface area (Å²) in [6.45, 7) is 6.30. The van der Waals surface area contributed by atoms with Gasteiger partial charge in [0.05, 0.1) is 11.9 Å². The van der Waals surface area contributed by atoms with Gasteiger partial charge in [-0.25, -0.2) is 12.7 Å². The van der Waals surface area contributed by atoms with Gasteiger partial charge in [-0.15, -0.1) is 0 Å². The molecule has 1 N–H and O–H groups in total. The van der Waals surface area contributed by atoms with Crippen LogP contribution in [0.3, 0.4) is 0 Å². The Morgan fingerprint density at radius 1 is 1.25 bits per heavy atom. The Kier molecular flexibility index (Phi) is 6.26. The van der Waals surface area contributed by atoms with Gasteiger partial charge in [0.1, 0.15) is 0 Å². The van der Waals surface area contributed by atoms with Crippen LogP contribution in [-0.4, -0.2) is 57.4 Å². The second kappa shape index (κ2) is 7.73. The molecular weight excluding hydrogens is 276 g/mol. The summed E-state index contributed by atoms with van der Waals surface area (Å²) in [6.07, 6.45) is 4.89. The molecule has 0 aliphatic carbocycles. The number of ether oxygens (including phenoxy) is 1. The highest BCUT2D eigenvalue weighted by Crippen LogP contribution is 2.22. The fourth-order valence-electron chi connectivity index (χ4n) is 2.99. The number of nitrogens with zero attached hydrogens (tertiary/aromatic N) is 1. The number of hydrogen-bond donors (Lipinski definition) is 1. The van der Waals surface area contributed by atoms with E-state index in [1.807, 2.05) is 0 Å². The van der Waals surface area contributed by atoms with Crippen LogP contribution in [0.2, 0.25) is 0 Å². The van der Waals surface area contributed by atoms with Crippen molar-refractivity contribution in [2.24, 2.45) is 5.92 Å². The van der Waals surface area contributed by atoms with Gasteiger partial charge in [-0.05, 0) is 51.1 Å². The van der Waals surface area contributed by atoms with E-state index in [-0.39, 0.29) is 11.9 Å². The molecule has 0 radical (unpaired) electrons. The van der Waals surface area contributed by atoms with E-state index in [0.29, 0.717) is 25.6 Å². The Morgan fingerprint density at radius 3 is 2.60 bits per heavy atom. The van der Waals surface area contributed by atoms with Crippen molar-refractivity contribution < 1.29 is 13.2 Å². The first-order valence-electron chi connectivity index (χ1n) is 7.92. The summed E-state index contributed by atoms with van der Waals surface area (Å²) < 4.78 is 31.8. The molecule has 0 aromatic rings. The number of rotatable bonds is 7. The number of piperidine rings is 1. The highest BCUT2D eigenvalue weighted by molar-refractivity contribution is 7.89. The van der Waals surface area contributed by atoms with Gasteiger partial charge < -0.3 is 10.1 Å². The van der Waals surface area contributed by atoms with E-state index in [4.69, 9.17) is 4.74 Å². The molecule has 0 amide bonds. The average Bonchev–Trinajstić information content (AvgIpc) is 2.92. The van der Waals surface area contributed by atoms with Gasteiger partial charge in [-0.3, -0.25) is 0 Å². The summed E-state index contributed by atoms with van der Waals surface area (Å²) in [7, 11) is -3.13. The third-order valence-electron chi connectivity index (χ3n) is 4.25. The summed E-state index contributed by atoms with van der Waals surface area (Å²) in [5.74, 6) is 0.793. The molecule has 1 atom stereocenters. The lowest BCUT2D eigenvalue weighted by molar-refractivity contribution is 0.126. The van der Waals surface area contributed by atoms with E-state index < -0.39 is 10.0 Å². The first-order chi connectivity index (χ1) is 9.62. The zero-order chi connectivity index (χ0) is 14.4. The molecule has 1 unspecified atom stereocenters. The Hall–Kier alpha value is -0.170. The molecule has 0 spiro atoms. The molecular formula is C14H28N2O3S. The van der Waals surface area contributed by atoms with Crippen LogP contribution in [0, 0.1) is 5.92 Å². The van der Waals surface area contributed by atoms with Gasteiger partial charge in [0, 0.05) is 19.7 Å². The summed E-state index contributed by atoms with van der Waals surface area (Å²) >= 11 is 0. The maximum atomic E-state index is 12.3. The Bertz CT molecular complexity index is 372. The Balaban J connectivity index is 1.74. The fourth-order valence-corrected chi connectivity index (χ4v) is 4.70. The quantitative estimate of drug-likeness (QED) is 0.718. The van der Waals surface area contributed by atoms with Crippen molar-refractivity contribution in [2.45, 2.75) is 45.1 Å². The molecule has 2 saturated heterocycles. The summed E-state index contributed by atoms with van der Waals surface area (Å²) in [5.41, 5.74) is 0. The predicted octanol–water partition coefficient (Wildman–Crippen LogP) is 1.21. The zero-order valence-electron chi connectivity index (χ0n) is 12.5. The minimum absolute atomic E-state index is 0.0797. The normalized spacial score (nSPS) is 26.1. The first kappa shape index (κ1) is 16.2. The maximum absolute atomic E-state index is 12.3. The first-order valence-corrected chi connectivity index (χ1v) is 9.53. The minimum atomic E-state index is -3.13. The van der Waals surface area contributed by atoms with E-state index >= 15 is 0 Å². The molecule has 20 heavy (non-hydrogen) atoms. The van der Waals surface area contributed by atoms with E-state index in [1.54, 1.807) is 4.31 Å². The molecule has 0 aromatic carbocycles. The zero-order valence-corrected chi connectivity index (χ0v) is 13.3. The van der Waals surface area contributed by atoms with Crippen LogP contribution in [0.4, 0.5) is 0 Å². The van der Waals surface area contributed by atoms with Crippen molar-refractivity contribution in [1.29, 1.82) is 0 Å². The van der Waals surface area contributed by atoms with Gasteiger partial charge in [-0.2, -0.15) is 0 Å². The van der Waals surface area contributed by atoms with Crippen LogP contribution >= 0.6 is 0 Å².